The molecular weight excluding hydrogens is 202 g/mol. The second-order valence-electron chi connectivity index (χ2n) is 3.85. The van der Waals surface area contributed by atoms with Gasteiger partial charge in [-0.15, -0.1) is 0 Å². The monoisotopic (exact) mass is 213 g/mol. The Labute approximate surface area is 93.3 Å². The maximum Gasteiger partial charge on any atom is 0.166 e. The van der Waals surface area contributed by atoms with Crippen LogP contribution in [0.1, 0.15) is 21.7 Å². The summed E-state index contributed by atoms with van der Waals surface area (Å²) in [6.45, 7) is 1.22. The predicted molar refractivity (Wildman–Crippen MR) is 59.7 cm³/mol. The highest BCUT2D eigenvalue weighted by molar-refractivity contribution is 5.73. The van der Waals surface area contributed by atoms with Crippen LogP contribution in [0.15, 0.2) is 36.4 Å². The van der Waals surface area contributed by atoms with Gasteiger partial charge >= 0.3 is 0 Å². The molecule has 0 fully saturated rings. The number of benzene rings is 1. The molecule has 1 aromatic heterocycles. The van der Waals surface area contributed by atoms with Crippen molar-refractivity contribution < 1.29 is 9.53 Å². The van der Waals surface area contributed by atoms with Crippen molar-refractivity contribution >= 4 is 6.29 Å². The molecule has 1 aromatic carbocycles. The third kappa shape index (κ3) is 1.33. The molecule has 2 aromatic rings. The molecule has 80 valence electrons. The molecule has 0 bridgehead atoms. The molecule has 1 aliphatic heterocycles. The maximum absolute atomic E-state index is 10.9. The molecule has 0 atom stereocenters. The highest BCUT2D eigenvalue weighted by Crippen LogP contribution is 2.25. The fraction of sp³-hybridized carbons (Fsp3) is 0.154. The van der Waals surface area contributed by atoms with Gasteiger partial charge in [-0.1, -0.05) is 18.2 Å². The Morgan fingerprint density at radius 3 is 2.94 bits per heavy atom. The number of aldehydes is 1. The van der Waals surface area contributed by atoms with E-state index in [1.807, 2.05) is 41.0 Å². The van der Waals surface area contributed by atoms with E-state index in [-0.39, 0.29) is 0 Å². The first-order valence-corrected chi connectivity index (χ1v) is 5.23. The van der Waals surface area contributed by atoms with Gasteiger partial charge in [0.05, 0.1) is 17.9 Å². The van der Waals surface area contributed by atoms with E-state index in [9.17, 15) is 4.79 Å². The van der Waals surface area contributed by atoms with Crippen LogP contribution >= 0.6 is 0 Å². The summed E-state index contributed by atoms with van der Waals surface area (Å²) in [5.74, 6) is 0.906. The molecule has 3 rings (SSSR count). The quantitative estimate of drug-likeness (QED) is 0.680. The first-order chi connectivity index (χ1) is 7.88. The van der Waals surface area contributed by atoms with Gasteiger partial charge in [-0.2, -0.15) is 0 Å². The largest absolute Gasteiger partial charge is 0.487 e. The van der Waals surface area contributed by atoms with Gasteiger partial charge in [-0.25, -0.2) is 0 Å². The zero-order valence-corrected chi connectivity index (χ0v) is 8.72. The highest BCUT2D eigenvalue weighted by Gasteiger charge is 2.15. The minimum atomic E-state index is 0.519. The van der Waals surface area contributed by atoms with Gasteiger partial charge in [0.15, 0.2) is 6.29 Å². The Balaban J connectivity index is 2.11. The lowest BCUT2D eigenvalue weighted by atomic mass is 10.2. The lowest BCUT2D eigenvalue weighted by Gasteiger charge is -2.06. The third-order valence-corrected chi connectivity index (χ3v) is 2.90. The van der Waals surface area contributed by atoms with E-state index in [1.54, 1.807) is 0 Å². The van der Waals surface area contributed by atoms with Crippen LogP contribution in [0.5, 0.6) is 5.75 Å². The summed E-state index contributed by atoms with van der Waals surface area (Å²) in [5, 5.41) is 0. The number of hydrogen-bond acceptors (Lipinski definition) is 2. The number of hydrogen-bond donors (Lipinski definition) is 0. The van der Waals surface area contributed by atoms with E-state index in [0.29, 0.717) is 18.8 Å². The van der Waals surface area contributed by atoms with E-state index in [4.69, 9.17) is 4.74 Å². The summed E-state index contributed by atoms with van der Waals surface area (Å²) in [5.41, 5.74) is 2.86. The van der Waals surface area contributed by atoms with Crippen LogP contribution in [0.25, 0.3) is 0 Å². The minimum Gasteiger partial charge on any atom is -0.487 e. The number of ether oxygens (including phenoxy) is 1. The molecule has 0 radical (unpaired) electrons. The molecule has 0 spiro atoms. The van der Waals surface area contributed by atoms with Gasteiger partial charge < -0.3 is 9.30 Å². The van der Waals surface area contributed by atoms with Crippen LogP contribution in [-0.2, 0) is 13.2 Å². The van der Waals surface area contributed by atoms with Crippen molar-refractivity contribution in [2.45, 2.75) is 13.2 Å². The SMILES string of the molecule is O=Cc1ccc2n1Cc1ccccc1OC2. The van der Waals surface area contributed by atoms with Gasteiger partial charge in [0.1, 0.15) is 12.4 Å². The molecule has 0 saturated heterocycles. The summed E-state index contributed by atoms with van der Waals surface area (Å²) in [4.78, 5) is 10.9. The molecular formula is C13H11NO2. The molecule has 0 amide bonds. The smallest absolute Gasteiger partial charge is 0.166 e. The number of aromatic nitrogens is 1. The zero-order valence-electron chi connectivity index (χ0n) is 8.72. The summed E-state index contributed by atoms with van der Waals surface area (Å²) < 4.78 is 7.69. The number of carbonyl (C=O) groups is 1. The summed E-state index contributed by atoms with van der Waals surface area (Å²) in [7, 11) is 0. The zero-order chi connectivity index (χ0) is 11.0. The van der Waals surface area contributed by atoms with Crippen molar-refractivity contribution in [1.29, 1.82) is 0 Å². The number of rotatable bonds is 1. The molecule has 0 saturated carbocycles. The lowest BCUT2D eigenvalue weighted by Crippen LogP contribution is -2.05. The Morgan fingerprint density at radius 1 is 1.19 bits per heavy atom. The van der Waals surface area contributed by atoms with E-state index in [0.717, 1.165) is 23.3 Å². The van der Waals surface area contributed by atoms with Gasteiger partial charge in [-0.3, -0.25) is 4.79 Å². The van der Waals surface area contributed by atoms with E-state index in [2.05, 4.69) is 0 Å². The topological polar surface area (TPSA) is 31.2 Å². The fourth-order valence-electron chi connectivity index (χ4n) is 2.05. The maximum atomic E-state index is 10.9. The summed E-state index contributed by atoms with van der Waals surface area (Å²) in [6.07, 6.45) is 0.886. The van der Waals surface area contributed by atoms with Crippen LogP contribution < -0.4 is 4.74 Å². The number of nitrogens with zero attached hydrogens (tertiary/aromatic N) is 1. The van der Waals surface area contributed by atoms with E-state index >= 15 is 0 Å². The Kier molecular flexibility index (Phi) is 2.03. The first kappa shape index (κ1) is 9.21. The summed E-state index contributed by atoms with van der Waals surface area (Å²) in [6, 6.07) is 11.7. The molecule has 2 heterocycles. The van der Waals surface area contributed by atoms with Gasteiger partial charge in [0, 0.05) is 5.56 Å². The number of para-hydroxylation sites is 1. The van der Waals surface area contributed by atoms with Crippen molar-refractivity contribution in [3.8, 4) is 5.75 Å². The van der Waals surface area contributed by atoms with Crippen LogP contribution in [0.4, 0.5) is 0 Å². The average molecular weight is 213 g/mol. The van der Waals surface area contributed by atoms with Gasteiger partial charge in [0.25, 0.3) is 0 Å². The Morgan fingerprint density at radius 2 is 2.06 bits per heavy atom. The van der Waals surface area contributed by atoms with Crippen LogP contribution in [0.3, 0.4) is 0 Å². The third-order valence-electron chi connectivity index (χ3n) is 2.90. The number of carbonyl (C=O) groups excluding carboxylic acids is 1. The molecule has 3 heteroatoms. The molecule has 3 nitrogen and oxygen atoms in total. The predicted octanol–water partition coefficient (Wildman–Crippen LogP) is 2.24. The van der Waals surface area contributed by atoms with Crippen molar-refractivity contribution in [3.63, 3.8) is 0 Å². The Hall–Kier alpha value is -2.03. The lowest BCUT2D eigenvalue weighted by molar-refractivity contribution is 0.111. The van der Waals surface area contributed by atoms with Crippen LogP contribution in [0, 0.1) is 0 Å². The molecule has 1 aliphatic rings. The van der Waals surface area contributed by atoms with Crippen LogP contribution in [-0.4, -0.2) is 10.9 Å². The minimum absolute atomic E-state index is 0.519. The van der Waals surface area contributed by atoms with Crippen molar-refractivity contribution in [2.24, 2.45) is 0 Å². The van der Waals surface area contributed by atoms with Crippen molar-refractivity contribution in [3.05, 3.63) is 53.3 Å². The number of fused-ring (bicyclic) bond motifs is 2. The molecule has 16 heavy (non-hydrogen) atoms. The summed E-state index contributed by atoms with van der Waals surface area (Å²) >= 11 is 0. The van der Waals surface area contributed by atoms with Gasteiger partial charge in [0.2, 0.25) is 0 Å². The molecule has 0 N–H and O–H groups in total. The Bertz CT molecular complexity index is 543. The fourth-order valence-corrected chi connectivity index (χ4v) is 2.05. The molecule has 0 unspecified atom stereocenters. The highest BCUT2D eigenvalue weighted by atomic mass is 16.5. The van der Waals surface area contributed by atoms with E-state index in [1.165, 1.54) is 0 Å². The average Bonchev–Trinajstić information content (AvgIpc) is 2.61. The first-order valence-electron chi connectivity index (χ1n) is 5.23. The normalized spacial score (nSPS) is 13.2. The van der Waals surface area contributed by atoms with Crippen molar-refractivity contribution in [2.75, 3.05) is 0 Å². The van der Waals surface area contributed by atoms with Crippen molar-refractivity contribution in [1.82, 2.24) is 4.57 Å². The van der Waals surface area contributed by atoms with Crippen LogP contribution in [0.2, 0.25) is 0 Å². The van der Waals surface area contributed by atoms with E-state index < -0.39 is 0 Å². The second-order valence-corrected chi connectivity index (χ2v) is 3.85. The van der Waals surface area contributed by atoms with Gasteiger partial charge in [-0.05, 0) is 18.2 Å². The second kappa shape index (κ2) is 3.52. The molecule has 0 aliphatic carbocycles. The standard InChI is InChI=1S/C13H11NO2/c15-8-11-5-6-12-9-16-13-4-2-1-3-10(13)7-14(11)12/h1-6,8H,7,9H2.